The predicted octanol–water partition coefficient (Wildman–Crippen LogP) is 24.2. The van der Waals surface area contributed by atoms with Crippen LogP contribution < -0.4 is 0 Å². The van der Waals surface area contributed by atoms with E-state index in [1.807, 2.05) is 0 Å². The van der Waals surface area contributed by atoms with Crippen LogP contribution in [0.15, 0.2) is 12.2 Å². The van der Waals surface area contributed by atoms with E-state index in [-0.39, 0.29) is 25.2 Å². The van der Waals surface area contributed by atoms with Crippen molar-refractivity contribution in [2.24, 2.45) is 0 Å². The smallest absolute Gasteiger partial charge is 0.306 e. The van der Waals surface area contributed by atoms with Crippen LogP contribution in [0.3, 0.4) is 0 Å². The molecule has 0 amide bonds. The summed E-state index contributed by atoms with van der Waals surface area (Å²) in [5.41, 5.74) is 0. The summed E-state index contributed by atoms with van der Waals surface area (Å²) in [5.74, 6) is -0.565. The molecular formula is C71H138O5. The normalized spacial score (nSPS) is 12.1. The average molecular weight is 1070 g/mol. The third kappa shape index (κ3) is 65.2. The van der Waals surface area contributed by atoms with Crippen LogP contribution >= 0.6 is 0 Å². The van der Waals surface area contributed by atoms with E-state index in [2.05, 4.69) is 26.0 Å². The third-order valence-corrected chi connectivity index (χ3v) is 16.6. The van der Waals surface area contributed by atoms with Crippen LogP contribution in [0.2, 0.25) is 0 Å². The van der Waals surface area contributed by atoms with Gasteiger partial charge in [0.2, 0.25) is 0 Å². The van der Waals surface area contributed by atoms with Gasteiger partial charge in [-0.05, 0) is 38.5 Å². The number of carbonyl (C=O) groups is 2. The van der Waals surface area contributed by atoms with Gasteiger partial charge in [0.25, 0.3) is 0 Å². The maximum atomic E-state index is 12.3. The van der Waals surface area contributed by atoms with Crippen molar-refractivity contribution in [2.45, 2.75) is 418 Å². The van der Waals surface area contributed by atoms with Gasteiger partial charge >= 0.3 is 11.9 Å². The molecule has 5 nitrogen and oxygen atoms in total. The van der Waals surface area contributed by atoms with E-state index in [9.17, 15) is 14.7 Å². The fourth-order valence-electron chi connectivity index (χ4n) is 11.3. The minimum atomic E-state index is -0.768. The zero-order valence-electron chi connectivity index (χ0n) is 52.1. The SMILES string of the molecule is CCCCCCCCCC/C=C\CCCCCCCCCCCCCC(=O)OC(CO)COC(=O)CCCCCCCCCCCCCCCCCCCCCCCCCCCCCCCCCCCCCCCCC. The molecule has 1 atom stereocenters. The van der Waals surface area contributed by atoms with Crippen molar-refractivity contribution >= 4 is 11.9 Å². The Bertz CT molecular complexity index is 1120. The van der Waals surface area contributed by atoms with Crippen molar-refractivity contribution in [3.63, 3.8) is 0 Å². The van der Waals surface area contributed by atoms with Crippen molar-refractivity contribution in [3.05, 3.63) is 12.2 Å². The lowest BCUT2D eigenvalue weighted by molar-refractivity contribution is -0.161. The second-order valence-corrected chi connectivity index (χ2v) is 24.3. The van der Waals surface area contributed by atoms with Crippen LogP contribution in [-0.4, -0.2) is 36.4 Å². The van der Waals surface area contributed by atoms with Gasteiger partial charge in [0, 0.05) is 12.8 Å². The van der Waals surface area contributed by atoms with E-state index in [0.717, 1.165) is 32.1 Å². The zero-order chi connectivity index (χ0) is 54.8. The second-order valence-electron chi connectivity index (χ2n) is 24.3. The summed E-state index contributed by atoms with van der Waals surface area (Å²) in [5, 5.41) is 9.69. The Morgan fingerprint density at radius 3 is 0.711 bits per heavy atom. The fraction of sp³-hybridized carbons (Fsp3) is 0.944. The first-order valence-corrected chi connectivity index (χ1v) is 35.2. The largest absolute Gasteiger partial charge is 0.462 e. The predicted molar refractivity (Wildman–Crippen MR) is 335 cm³/mol. The summed E-state index contributed by atoms with van der Waals surface area (Å²) in [7, 11) is 0. The molecule has 0 aromatic rings. The first-order valence-electron chi connectivity index (χ1n) is 35.2. The molecule has 452 valence electrons. The molecule has 1 N–H and O–H groups in total. The van der Waals surface area contributed by atoms with Crippen LogP contribution in [-0.2, 0) is 19.1 Å². The monoisotopic (exact) mass is 1070 g/mol. The van der Waals surface area contributed by atoms with Crippen LogP contribution in [0.25, 0.3) is 0 Å². The third-order valence-electron chi connectivity index (χ3n) is 16.6. The number of hydrogen-bond donors (Lipinski definition) is 1. The maximum absolute atomic E-state index is 12.3. The number of aliphatic hydroxyl groups is 1. The molecule has 0 aromatic carbocycles. The fourth-order valence-corrected chi connectivity index (χ4v) is 11.3. The summed E-state index contributed by atoms with van der Waals surface area (Å²) in [4.78, 5) is 24.6. The Morgan fingerprint density at radius 1 is 0.289 bits per heavy atom. The van der Waals surface area contributed by atoms with Crippen LogP contribution in [0.5, 0.6) is 0 Å². The maximum Gasteiger partial charge on any atom is 0.306 e. The molecule has 0 aliphatic carbocycles. The highest BCUT2D eigenvalue weighted by Gasteiger charge is 2.16. The molecule has 0 bridgehead atoms. The van der Waals surface area contributed by atoms with E-state index in [1.54, 1.807) is 0 Å². The van der Waals surface area contributed by atoms with Gasteiger partial charge < -0.3 is 14.6 Å². The number of rotatable bonds is 67. The van der Waals surface area contributed by atoms with Gasteiger partial charge in [0.1, 0.15) is 6.61 Å². The summed E-state index contributed by atoms with van der Waals surface area (Å²) in [6, 6.07) is 0. The Labute approximate surface area is 477 Å². The highest BCUT2D eigenvalue weighted by atomic mass is 16.6. The average Bonchev–Trinajstić information content (AvgIpc) is 3.42. The van der Waals surface area contributed by atoms with E-state index >= 15 is 0 Å². The molecule has 0 aliphatic heterocycles. The molecule has 0 aromatic heterocycles. The lowest BCUT2D eigenvalue weighted by Crippen LogP contribution is -2.28. The molecule has 76 heavy (non-hydrogen) atoms. The first kappa shape index (κ1) is 74.6. The van der Waals surface area contributed by atoms with Gasteiger partial charge in [0.05, 0.1) is 6.61 Å². The molecule has 0 saturated heterocycles. The Morgan fingerprint density at radius 2 is 0.487 bits per heavy atom. The van der Waals surface area contributed by atoms with Crippen molar-refractivity contribution in [1.82, 2.24) is 0 Å². The highest BCUT2D eigenvalue weighted by molar-refractivity contribution is 5.70. The van der Waals surface area contributed by atoms with Gasteiger partial charge in [-0.15, -0.1) is 0 Å². The van der Waals surface area contributed by atoms with Gasteiger partial charge in [0.15, 0.2) is 6.10 Å². The summed E-state index contributed by atoms with van der Waals surface area (Å²) < 4.78 is 10.8. The summed E-state index contributed by atoms with van der Waals surface area (Å²) in [6.45, 7) is 4.21. The molecule has 0 rings (SSSR count). The minimum absolute atomic E-state index is 0.0583. The van der Waals surface area contributed by atoms with Crippen LogP contribution in [0.4, 0.5) is 0 Å². The molecule has 5 heteroatoms. The number of esters is 2. The van der Waals surface area contributed by atoms with E-state index in [1.165, 1.54) is 353 Å². The molecule has 0 fully saturated rings. The summed E-state index contributed by atoms with van der Waals surface area (Å²) in [6.07, 6.45) is 87.0. The quantitative estimate of drug-likeness (QED) is 0.0373. The number of aliphatic hydroxyl groups excluding tert-OH is 1. The zero-order valence-corrected chi connectivity index (χ0v) is 52.1. The Hall–Kier alpha value is -1.36. The number of ether oxygens (including phenoxy) is 2. The molecule has 0 spiro atoms. The molecular weight excluding hydrogens is 933 g/mol. The lowest BCUT2D eigenvalue weighted by Gasteiger charge is -2.15. The number of carbonyl (C=O) groups excluding carboxylic acids is 2. The molecule has 0 radical (unpaired) electrons. The minimum Gasteiger partial charge on any atom is -0.462 e. The van der Waals surface area contributed by atoms with Crippen molar-refractivity contribution in [1.29, 1.82) is 0 Å². The number of allylic oxidation sites excluding steroid dienone is 2. The van der Waals surface area contributed by atoms with E-state index in [4.69, 9.17) is 9.47 Å². The molecule has 0 aliphatic rings. The first-order chi connectivity index (χ1) is 37.6. The van der Waals surface area contributed by atoms with Crippen LogP contribution in [0.1, 0.15) is 412 Å². The molecule has 0 saturated carbocycles. The number of unbranched alkanes of at least 4 members (excludes halogenated alkanes) is 57. The van der Waals surface area contributed by atoms with Gasteiger partial charge in [-0.2, -0.15) is 0 Å². The molecule has 1 unspecified atom stereocenters. The lowest BCUT2D eigenvalue weighted by atomic mass is 10.0. The van der Waals surface area contributed by atoms with Gasteiger partial charge in [-0.1, -0.05) is 373 Å². The van der Waals surface area contributed by atoms with Crippen molar-refractivity contribution in [3.8, 4) is 0 Å². The second kappa shape index (κ2) is 67.9. The van der Waals surface area contributed by atoms with E-state index < -0.39 is 6.10 Å². The van der Waals surface area contributed by atoms with Crippen molar-refractivity contribution in [2.75, 3.05) is 13.2 Å². The van der Waals surface area contributed by atoms with Gasteiger partial charge in [-0.25, -0.2) is 0 Å². The Kier molecular flexibility index (Phi) is 66.7. The Balaban J connectivity index is 3.34. The molecule has 0 heterocycles. The summed E-state index contributed by atoms with van der Waals surface area (Å²) >= 11 is 0. The number of hydrogen-bond acceptors (Lipinski definition) is 5. The van der Waals surface area contributed by atoms with E-state index in [0.29, 0.717) is 12.8 Å². The standard InChI is InChI=1S/C71H138O5/c1-3-5-7-9-11-13-15-17-19-21-23-25-27-28-29-30-31-32-33-34-35-36-37-38-39-40-41-42-44-45-47-49-51-53-55-57-59-61-63-65-70(73)75-68-69(67-72)76-71(74)66-64-62-60-58-56-54-52-50-48-46-43-26-24-22-20-18-16-14-12-10-8-6-4-2/h22,24,69,72H,3-21,23,25-68H2,1-2H3/b24-22-. The topological polar surface area (TPSA) is 72.8 Å². The van der Waals surface area contributed by atoms with Gasteiger partial charge in [-0.3, -0.25) is 9.59 Å². The van der Waals surface area contributed by atoms with Crippen LogP contribution in [0, 0.1) is 0 Å². The van der Waals surface area contributed by atoms with Crippen molar-refractivity contribution < 1.29 is 24.2 Å². The highest BCUT2D eigenvalue weighted by Crippen LogP contribution is 2.19.